The highest BCUT2D eigenvalue weighted by atomic mass is 16.6. The van der Waals surface area contributed by atoms with E-state index in [1.165, 1.54) is 38.5 Å². The molecule has 0 bridgehead atoms. The number of carbonyl (C=O) groups is 2. The molecule has 0 amide bonds. The molecule has 0 N–H and O–H groups in total. The van der Waals surface area contributed by atoms with Gasteiger partial charge in [-0.3, -0.25) is 9.59 Å². The van der Waals surface area contributed by atoms with Crippen LogP contribution in [0.25, 0.3) is 0 Å². The number of unbranched alkanes of at least 4 members (excludes halogenated alkanes) is 9. The second kappa shape index (κ2) is 21.2. The number of rotatable bonds is 20. The smallest absolute Gasteiger partial charge is 0.305 e. The van der Waals surface area contributed by atoms with Crippen LogP contribution in [0.4, 0.5) is 0 Å². The third-order valence-corrected chi connectivity index (χ3v) is 4.41. The Morgan fingerprint density at radius 1 is 0.519 bits per heavy atom. The van der Waals surface area contributed by atoms with Gasteiger partial charge in [-0.15, -0.1) is 0 Å². The molecule has 0 spiro atoms. The molecule has 27 heavy (non-hydrogen) atoms. The van der Waals surface area contributed by atoms with Crippen LogP contribution in [0, 0.1) is 0 Å². The highest BCUT2D eigenvalue weighted by Crippen LogP contribution is 2.09. The van der Waals surface area contributed by atoms with Crippen LogP contribution in [0.3, 0.4) is 0 Å². The normalized spacial score (nSPS) is 10.7. The van der Waals surface area contributed by atoms with Gasteiger partial charge in [-0.25, -0.2) is 0 Å². The average molecular weight is 387 g/mol. The summed E-state index contributed by atoms with van der Waals surface area (Å²) in [6.07, 6.45) is 14.1. The zero-order chi connectivity index (χ0) is 20.0. The summed E-state index contributed by atoms with van der Waals surface area (Å²) in [5.74, 6) is -0.378. The first-order valence-electron chi connectivity index (χ1n) is 11.1. The molecule has 0 aromatic carbocycles. The molecule has 5 nitrogen and oxygen atoms in total. The summed E-state index contributed by atoms with van der Waals surface area (Å²) >= 11 is 0. The molecule has 0 radical (unpaired) electrons. The minimum absolute atomic E-state index is 0.157. The first-order chi connectivity index (χ1) is 13.2. The summed E-state index contributed by atoms with van der Waals surface area (Å²) in [6.45, 7) is 6.34. The molecule has 5 heteroatoms. The van der Waals surface area contributed by atoms with Crippen molar-refractivity contribution in [2.45, 2.75) is 104 Å². The molecule has 0 aliphatic carbocycles. The van der Waals surface area contributed by atoms with Crippen LogP contribution in [0.1, 0.15) is 104 Å². The van der Waals surface area contributed by atoms with E-state index >= 15 is 0 Å². The molecule has 0 saturated carbocycles. The fourth-order valence-electron chi connectivity index (χ4n) is 2.67. The van der Waals surface area contributed by atoms with Crippen molar-refractivity contribution in [2.24, 2.45) is 0 Å². The van der Waals surface area contributed by atoms with Gasteiger partial charge in [-0.1, -0.05) is 65.2 Å². The van der Waals surface area contributed by atoms with Crippen molar-refractivity contribution in [3.63, 3.8) is 0 Å². The molecule has 0 saturated heterocycles. The number of esters is 2. The lowest BCUT2D eigenvalue weighted by Crippen LogP contribution is -2.11. The lowest BCUT2D eigenvalue weighted by molar-refractivity contribution is -0.146. The standard InChI is InChI=1S/C22H42O5/c1-3-5-7-8-9-10-11-14-18-26-21(23)15-12-13-16-22(24)27-20-19-25-17-6-4-2/h3-20H2,1-2H3. The lowest BCUT2D eigenvalue weighted by atomic mass is 10.1. The van der Waals surface area contributed by atoms with Crippen LogP contribution in [0.2, 0.25) is 0 Å². The minimum atomic E-state index is -0.221. The van der Waals surface area contributed by atoms with E-state index in [1.54, 1.807) is 0 Å². The second-order valence-corrected chi connectivity index (χ2v) is 7.09. The van der Waals surface area contributed by atoms with Crippen LogP contribution in [-0.2, 0) is 23.8 Å². The Kier molecular flexibility index (Phi) is 20.3. The van der Waals surface area contributed by atoms with Gasteiger partial charge in [0.25, 0.3) is 0 Å². The van der Waals surface area contributed by atoms with E-state index in [2.05, 4.69) is 13.8 Å². The van der Waals surface area contributed by atoms with E-state index in [0.717, 1.165) is 32.3 Å². The van der Waals surface area contributed by atoms with Crippen molar-refractivity contribution in [3.8, 4) is 0 Å². The maximum Gasteiger partial charge on any atom is 0.305 e. The molecular weight excluding hydrogens is 344 g/mol. The molecule has 0 heterocycles. The van der Waals surface area contributed by atoms with Gasteiger partial charge >= 0.3 is 11.9 Å². The third-order valence-electron chi connectivity index (χ3n) is 4.41. The second-order valence-electron chi connectivity index (χ2n) is 7.09. The Hall–Kier alpha value is -1.10. The van der Waals surface area contributed by atoms with Gasteiger partial charge in [0.2, 0.25) is 0 Å². The van der Waals surface area contributed by atoms with Crippen molar-refractivity contribution in [1.29, 1.82) is 0 Å². The summed E-state index contributed by atoms with van der Waals surface area (Å²) in [7, 11) is 0. The van der Waals surface area contributed by atoms with Crippen molar-refractivity contribution < 1.29 is 23.8 Å². The zero-order valence-corrected chi connectivity index (χ0v) is 17.8. The van der Waals surface area contributed by atoms with Gasteiger partial charge < -0.3 is 14.2 Å². The summed E-state index contributed by atoms with van der Waals surface area (Å²) in [6, 6.07) is 0. The Morgan fingerprint density at radius 2 is 1.04 bits per heavy atom. The van der Waals surface area contributed by atoms with Crippen molar-refractivity contribution in [3.05, 3.63) is 0 Å². The van der Waals surface area contributed by atoms with Crippen molar-refractivity contribution in [1.82, 2.24) is 0 Å². The van der Waals surface area contributed by atoms with E-state index in [-0.39, 0.29) is 11.9 Å². The third kappa shape index (κ3) is 21.1. The van der Waals surface area contributed by atoms with E-state index < -0.39 is 0 Å². The highest BCUT2D eigenvalue weighted by Gasteiger charge is 2.06. The van der Waals surface area contributed by atoms with Gasteiger partial charge in [-0.05, 0) is 25.7 Å². The van der Waals surface area contributed by atoms with Gasteiger partial charge in [0.1, 0.15) is 6.61 Å². The van der Waals surface area contributed by atoms with Crippen LogP contribution in [0.15, 0.2) is 0 Å². The molecular formula is C22H42O5. The van der Waals surface area contributed by atoms with Crippen LogP contribution in [-0.4, -0.2) is 38.4 Å². The molecule has 0 atom stereocenters. The molecule has 0 fully saturated rings. The van der Waals surface area contributed by atoms with E-state index in [0.29, 0.717) is 45.5 Å². The van der Waals surface area contributed by atoms with Crippen molar-refractivity contribution in [2.75, 3.05) is 26.4 Å². The predicted molar refractivity (Wildman–Crippen MR) is 109 cm³/mol. The Bertz CT molecular complexity index is 344. The predicted octanol–water partition coefficient (Wildman–Crippen LogP) is 5.59. The lowest BCUT2D eigenvalue weighted by Gasteiger charge is -2.06. The number of ether oxygens (including phenoxy) is 3. The summed E-state index contributed by atoms with van der Waals surface area (Å²) in [5, 5.41) is 0. The van der Waals surface area contributed by atoms with E-state index in [4.69, 9.17) is 14.2 Å². The highest BCUT2D eigenvalue weighted by molar-refractivity contribution is 5.70. The van der Waals surface area contributed by atoms with Gasteiger partial charge in [-0.2, -0.15) is 0 Å². The topological polar surface area (TPSA) is 61.8 Å². The number of hydrogen-bond donors (Lipinski definition) is 0. The van der Waals surface area contributed by atoms with E-state index in [9.17, 15) is 9.59 Å². The molecule has 0 aromatic heterocycles. The Labute approximate surface area is 166 Å². The zero-order valence-electron chi connectivity index (χ0n) is 17.8. The summed E-state index contributed by atoms with van der Waals surface area (Å²) < 4.78 is 15.6. The maximum absolute atomic E-state index is 11.6. The average Bonchev–Trinajstić information content (AvgIpc) is 2.66. The number of carbonyl (C=O) groups excluding carboxylic acids is 2. The first kappa shape index (κ1) is 25.9. The molecule has 0 aromatic rings. The SMILES string of the molecule is CCCCCCCCCCOC(=O)CCCCC(=O)OCCOCCCC. The summed E-state index contributed by atoms with van der Waals surface area (Å²) in [4.78, 5) is 23.2. The van der Waals surface area contributed by atoms with Crippen LogP contribution in [0.5, 0.6) is 0 Å². The molecule has 0 rings (SSSR count). The fourth-order valence-corrected chi connectivity index (χ4v) is 2.67. The molecule has 0 unspecified atom stereocenters. The largest absolute Gasteiger partial charge is 0.466 e. The van der Waals surface area contributed by atoms with Crippen LogP contribution >= 0.6 is 0 Å². The minimum Gasteiger partial charge on any atom is -0.466 e. The Morgan fingerprint density at radius 3 is 1.63 bits per heavy atom. The number of hydrogen-bond acceptors (Lipinski definition) is 5. The summed E-state index contributed by atoms with van der Waals surface area (Å²) in [5.41, 5.74) is 0. The van der Waals surface area contributed by atoms with Gasteiger partial charge in [0.05, 0.1) is 13.2 Å². The monoisotopic (exact) mass is 386 g/mol. The Balaban J connectivity index is 3.30. The molecule has 160 valence electrons. The van der Waals surface area contributed by atoms with Crippen molar-refractivity contribution >= 4 is 11.9 Å². The van der Waals surface area contributed by atoms with E-state index in [1.807, 2.05) is 0 Å². The molecule has 0 aliphatic rings. The fraction of sp³-hybridized carbons (Fsp3) is 0.909. The van der Waals surface area contributed by atoms with Gasteiger partial charge in [0.15, 0.2) is 0 Å². The molecule has 0 aliphatic heterocycles. The maximum atomic E-state index is 11.6. The first-order valence-corrected chi connectivity index (χ1v) is 11.1. The van der Waals surface area contributed by atoms with Crippen LogP contribution < -0.4 is 0 Å². The quantitative estimate of drug-likeness (QED) is 0.202. The van der Waals surface area contributed by atoms with Gasteiger partial charge in [0, 0.05) is 19.4 Å².